The number of hydrogen-bond acceptors (Lipinski definition) is 2. The van der Waals surface area contributed by atoms with Crippen LogP contribution in [-0.4, -0.2) is 37.2 Å². The lowest BCUT2D eigenvalue weighted by Crippen LogP contribution is -2.45. The third kappa shape index (κ3) is 1.43. The van der Waals surface area contributed by atoms with Gasteiger partial charge in [-0.3, -0.25) is 4.90 Å². The number of morpholine rings is 1. The maximum atomic E-state index is 5.42. The van der Waals surface area contributed by atoms with Crippen molar-refractivity contribution in [3.05, 3.63) is 0 Å². The van der Waals surface area contributed by atoms with Crippen molar-refractivity contribution in [1.82, 2.24) is 4.90 Å². The Bertz CT molecular complexity index is 84.9. The molecule has 1 fully saturated rings. The van der Waals surface area contributed by atoms with Crippen LogP contribution in [0, 0.1) is 0 Å². The molecule has 0 spiro atoms. The average molecular weight is 129 g/mol. The third-order valence-corrected chi connectivity index (χ3v) is 2.20. The van der Waals surface area contributed by atoms with Gasteiger partial charge in [-0.2, -0.15) is 0 Å². The largest absolute Gasteiger partial charge is 0.376 e. The van der Waals surface area contributed by atoms with Crippen molar-refractivity contribution in [2.24, 2.45) is 0 Å². The van der Waals surface area contributed by atoms with Crippen molar-refractivity contribution >= 4 is 0 Å². The van der Waals surface area contributed by atoms with Gasteiger partial charge in [-0.1, -0.05) is 0 Å². The van der Waals surface area contributed by atoms with Crippen molar-refractivity contribution < 1.29 is 4.74 Å². The van der Waals surface area contributed by atoms with E-state index >= 15 is 0 Å². The molecule has 2 heteroatoms. The van der Waals surface area contributed by atoms with Crippen LogP contribution in [0.4, 0.5) is 0 Å². The zero-order valence-corrected chi connectivity index (χ0v) is 6.42. The first-order chi connectivity index (χ1) is 4.22. The fourth-order valence-corrected chi connectivity index (χ4v) is 1.08. The molecule has 54 valence electrons. The van der Waals surface area contributed by atoms with Crippen LogP contribution >= 0.6 is 0 Å². The van der Waals surface area contributed by atoms with E-state index in [1.807, 2.05) is 0 Å². The summed E-state index contributed by atoms with van der Waals surface area (Å²) in [6.45, 7) is 6.29. The maximum Gasteiger partial charge on any atom is 0.0699 e. The number of ether oxygens (including phenoxy) is 1. The first kappa shape index (κ1) is 7.03. The molecule has 0 unspecified atom stereocenters. The first-order valence-corrected chi connectivity index (χ1v) is 3.53. The normalized spacial score (nSPS) is 39.0. The molecule has 0 saturated carbocycles. The molecule has 0 bridgehead atoms. The van der Waals surface area contributed by atoms with E-state index in [1.165, 1.54) is 0 Å². The highest BCUT2D eigenvalue weighted by atomic mass is 16.5. The summed E-state index contributed by atoms with van der Waals surface area (Å²) >= 11 is 0. The topological polar surface area (TPSA) is 12.5 Å². The average Bonchev–Trinajstić information content (AvgIpc) is 1.83. The molecule has 1 aliphatic rings. The molecule has 1 heterocycles. The fraction of sp³-hybridized carbons (Fsp3) is 1.00. The molecule has 0 N–H and O–H groups in total. The Morgan fingerprint density at radius 2 is 2.11 bits per heavy atom. The van der Waals surface area contributed by atoms with E-state index in [0.29, 0.717) is 12.1 Å². The molecule has 0 aromatic heterocycles. The standard InChI is InChI=1S/C7H15NO/c1-6-7(2)9-5-4-8(6)3/h6-7H,4-5H2,1-3H3/t6-,7-/m1/s1. The number of rotatable bonds is 0. The Labute approximate surface area is 56.8 Å². The van der Waals surface area contributed by atoms with Gasteiger partial charge < -0.3 is 4.74 Å². The molecule has 2 nitrogen and oxygen atoms in total. The van der Waals surface area contributed by atoms with Gasteiger partial charge in [0.2, 0.25) is 0 Å². The zero-order chi connectivity index (χ0) is 6.85. The van der Waals surface area contributed by atoms with Crippen molar-refractivity contribution in [2.75, 3.05) is 20.2 Å². The highest BCUT2D eigenvalue weighted by Crippen LogP contribution is 2.09. The Morgan fingerprint density at radius 3 is 2.56 bits per heavy atom. The molecule has 0 amide bonds. The smallest absolute Gasteiger partial charge is 0.0699 e. The monoisotopic (exact) mass is 129 g/mol. The van der Waals surface area contributed by atoms with Crippen LogP contribution in [0.25, 0.3) is 0 Å². The SMILES string of the molecule is C[C@@H]1[C@@H](C)OCCN1C. The Balaban J connectivity index is 2.41. The third-order valence-electron chi connectivity index (χ3n) is 2.20. The second-order valence-corrected chi connectivity index (χ2v) is 2.80. The van der Waals surface area contributed by atoms with Gasteiger partial charge in [0.05, 0.1) is 12.7 Å². The van der Waals surface area contributed by atoms with E-state index in [1.54, 1.807) is 0 Å². The van der Waals surface area contributed by atoms with Crippen molar-refractivity contribution in [1.29, 1.82) is 0 Å². The number of nitrogens with zero attached hydrogens (tertiary/aromatic N) is 1. The highest BCUT2D eigenvalue weighted by molar-refractivity contribution is 4.73. The maximum absolute atomic E-state index is 5.42. The summed E-state index contributed by atoms with van der Waals surface area (Å²) in [7, 11) is 2.14. The molecule has 0 aromatic carbocycles. The van der Waals surface area contributed by atoms with Gasteiger partial charge in [0.15, 0.2) is 0 Å². The van der Waals surface area contributed by atoms with Gasteiger partial charge in [0.25, 0.3) is 0 Å². The van der Waals surface area contributed by atoms with Crippen molar-refractivity contribution in [3.63, 3.8) is 0 Å². The van der Waals surface area contributed by atoms with Crippen LogP contribution in [-0.2, 0) is 4.74 Å². The van der Waals surface area contributed by atoms with Gasteiger partial charge >= 0.3 is 0 Å². The van der Waals surface area contributed by atoms with Gasteiger partial charge in [-0.15, -0.1) is 0 Å². The van der Waals surface area contributed by atoms with Gasteiger partial charge in [-0.25, -0.2) is 0 Å². The van der Waals surface area contributed by atoms with Crippen LogP contribution < -0.4 is 0 Å². The minimum Gasteiger partial charge on any atom is -0.376 e. The summed E-state index contributed by atoms with van der Waals surface area (Å²) in [5.41, 5.74) is 0. The molecule has 1 saturated heterocycles. The van der Waals surface area contributed by atoms with Crippen LogP contribution in [0.5, 0.6) is 0 Å². The lowest BCUT2D eigenvalue weighted by molar-refractivity contribution is -0.0448. The van der Waals surface area contributed by atoms with Crippen LogP contribution in [0.1, 0.15) is 13.8 Å². The number of hydrogen-bond donors (Lipinski definition) is 0. The van der Waals surface area contributed by atoms with Crippen molar-refractivity contribution in [2.45, 2.75) is 26.0 Å². The lowest BCUT2D eigenvalue weighted by atomic mass is 10.1. The second-order valence-electron chi connectivity index (χ2n) is 2.80. The summed E-state index contributed by atoms with van der Waals surface area (Å²) in [6.07, 6.45) is 0.406. The molecule has 9 heavy (non-hydrogen) atoms. The summed E-state index contributed by atoms with van der Waals surface area (Å²) in [4.78, 5) is 2.33. The molecule has 0 radical (unpaired) electrons. The molecular formula is C7H15NO. The van der Waals surface area contributed by atoms with E-state index in [4.69, 9.17) is 4.74 Å². The summed E-state index contributed by atoms with van der Waals surface area (Å²) < 4.78 is 5.42. The Morgan fingerprint density at radius 1 is 1.44 bits per heavy atom. The first-order valence-electron chi connectivity index (χ1n) is 3.53. The van der Waals surface area contributed by atoms with E-state index in [9.17, 15) is 0 Å². The van der Waals surface area contributed by atoms with E-state index in [-0.39, 0.29) is 0 Å². The second kappa shape index (κ2) is 2.67. The van der Waals surface area contributed by atoms with Crippen LogP contribution in [0.2, 0.25) is 0 Å². The highest BCUT2D eigenvalue weighted by Gasteiger charge is 2.21. The van der Waals surface area contributed by atoms with E-state index < -0.39 is 0 Å². The predicted octanol–water partition coefficient (Wildman–Crippen LogP) is 0.725. The minimum absolute atomic E-state index is 0.406. The van der Waals surface area contributed by atoms with E-state index in [2.05, 4.69) is 25.8 Å². The lowest BCUT2D eigenvalue weighted by Gasteiger charge is -2.34. The van der Waals surface area contributed by atoms with Crippen molar-refractivity contribution in [3.8, 4) is 0 Å². The number of likely N-dealkylation sites (N-methyl/N-ethyl adjacent to an activating group) is 1. The summed E-state index contributed by atoms with van der Waals surface area (Å²) in [5.74, 6) is 0. The fourth-order valence-electron chi connectivity index (χ4n) is 1.08. The summed E-state index contributed by atoms with van der Waals surface area (Å²) in [6, 6.07) is 0.582. The molecule has 1 rings (SSSR count). The predicted molar refractivity (Wildman–Crippen MR) is 37.5 cm³/mol. The molecule has 0 aromatic rings. The molecule has 2 atom stereocenters. The zero-order valence-electron chi connectivity index (χ0n) is 6.42. The quantitative estimate of drug-likeness (QED) is 0.478. The van der Waals surface area contributed by atoms with Gasteiger partial charge in [0.1, 0.15) is 0 Å². The summed E-state index contributed by atoms with van der Waals surface area (Å²) in [5, 5.41) is 0. The Hall–Kier alpha value is -0.0800. The molecule has 0 aliphatic carbocycles. The van der Waals surface area contributed by atoms with E-state index in [0.717, 1.165) is 13.2 Å². The molecule has 1 aliphatic heterocycles. The van der Waals surface area contributed by atoms with Crippen LogP contribution in [0.15, 0.2) is 0 Å². The van der Waals surface area contributed by atoms with Gasteiger partial charge in [0, 0.05) is 12.6 Å². The van der Waals surface area contributed by atoms with Crippen LogP contribution in [0.3, 0.4) is 0 Å². The Kier molecular flexibility index (Phi) is 2.09. The minimum atomic E-state index is 0.406. The van der Waals surface area contributed by atoms with Gasteiger partial charge in [-0.05, 0) is 20.9 Å². The molecular weight excluding hydrogens is 114 g/mol.